The molecule has 0 bridgehead atoms. The fourth-order valence-electron chi connectivity index (χ4n) is 0.977. The van der Waals surface area contributed by atoms with Crippen molar-refractivity contribution in [1.82, 2.24) is 0 Å². The number of hydrogen-bond acceptors (Lipinski definition) is 3. The zero-order chi connectivity index (χ0) is 10.6. The molecule has 1 aromatic carbocycles. The molecule has 1 aromatic rings. The van der Waals surface area contributed by atoms with Crippen LogP contribution in [0.5, 0.6) is 0 Å². The fourth-order valence-corrected chi connectivity index (χ4v) is 1.21. The van der Waals surface area contributed by atoms with Crippen molar-refractivity contribution < 1.29 is 14.3 Å². The molecular formula is C10H9ClO3. The van der Waals surface area contributed by atoms with E-state index in [9.17, 15) is 9.59 Å². The maximum atomic E-state index is 11.3. The van der Waals surface area contributed by atoms with E-state index in [0.29, 0.717) is 5.56 Å². The summed E-state index contributed by atoms with van der Waals surface area (Å²) in [6.45, 7) is 0. The summed E-state index contributed by atoms with van der Waals surface area (Å²) in [5.41, 5.74) is 0.588. The van der Waals surface area contributed by atoms with Gasteiger partial charge in [0.15, 0.2) is 0 Å². The summed E-state index contributed by atoms with van der Waals surface area (Å²) in [5, 5.41) is -0.969. The van der Waals surface area contributed by atoms with Gasteiger partial charge >= 0.3 is 5.97 Å². The van der Waals surface area contributed by atoms with Crippen molar-refractivity contribution in [2.24, 2.45) is 0 Å². The van der Waals surface area contributed by atoms with Gasteiger partial charge in [-0.05, 0) is 5.56 Å². The Balaban J connectivity index is 2.81. The lowest BCUT2D eigenvalue weighted by Gasteiger charge is -2.06. The van der Waals surface area contributed by atoms with Crippen LogP contribution < -0.4 is 0 Å². The zero-order valence-electron chi connectivity index (χ0n) is 7.57. The third kappa shape index (κ3) is 2.33. The van der Waals surface area contributed by atoms with E-state index in [1.54, 1.807) is 30.3 Å². The molecule has 0 saturated heterocycles. The molecule has 3 nitrogen and oxygen atoms in total. The molecule has 0 amide bonds. The van der Waals surface area contributed by atoms with Gasteiger partial charge in [-0.25, -0.2) is 4.79 Å². The molecule has 74 valence electrons. The summed E-state index contributed by atoms with van der Waals surface area (Å²) in [5.74, 6) is -1.67. The van der Waals surface area contributed by atoms with Crippen molar-refractivity contribution in [3.05, 3.63) is 35.9 Å². The number of methoxy groups -OCH3 is 1. The third-order valence-corrected chi connectivity index (χ3v) is 2.16. The Morgan fingerprint density at radius 2 is 1.86 bits per heavy atom. The minimum Gasteiger partial charge on any atom is -0.463 e. The topological polar surface area (TPSA) is 43.4 Å². The highest BCUT2D eigenvalue weighted by atomic mass is 35.5. The van der Waals surface area contributed by atoms with Crippen LogP contribution in [-0.2, 0) is 14.3 Å². The molecular weight excluding hydrogens is 204 g/mol. The van der Waals surface area contributed by atoms with Crippen LogP contribution in [0.15, 0.2) is 30.3 Å². The molecule has 0 aliphatic carbocycles. The van der Waals surface area contributed by atoms with E-state index in [-0.39, 0.29) is 0 Å². The maximum absolute atomic E-state index is 11.3. The molecule has 0 aromatic heterocycles. The highest BCUT2D eigenvalue weighted by Crippen LogP contribution is 2.21. The fraction of sp³-hybridized carbons (Fsp3) is 0.200. The van der Waals surface area contributed by atoms with Crippen LogP contribution in [0, 0.1) is 0 Å². The standard InChI is InChI=1S/C10H9ClO3/c1-14-10(13)9(12)8(11)7-5-3-2-4-6-7/h2-6,8H,1H3/t8-/m0/s1. The first-order valence-corrected chi connectivity index (χ1v) is 4.41. The van der Waals surface area contributed by atoms with E-state index < -0.39 is 17.1 Å². The van der Waals surface area contributed by atoms with Crippen molar-refractivity contribution >= 4 is 23.4 Å². The van der Waals surface area contributed by atoms with Gasteiger partial charge in [-0.3, -0.25) is 4.79 Å². The number of ketones is 1. The summed E-state index contributed by atoms with van der Waals surface area (Å²) in [7, 11) is 1.15. The van der Waals surface area contributed by atoms with Crippen LogP contribution in [0.2, 0.25) is 0 Å². The number of esters is 1. The number of halogens is 1. The Hall–Kier alpha value is -1.35. The van der Waals surface area contributed by atoms with Gasteiger partial charge in [0, 0.05) is 0 Å². The van der Waals surface area contributed by atoms with Gasteiger partial charge in [0.05, 0.1) is 7.11 Å². The van der Waals surface area contributed by atoms with Crippen LogP contribution in [0.3, 0.4) is 0 Å². The van der Waals surface area contributed by atoms with Crippen molar-refractivity contribution in [2.45, 2.75) is 5.38 Å². The first kappa shape index (κ1) is 10.7. The van der Waals surface area contributed by atoms with Gasteiger partial charge in [-0.15, -0.1) is 11.6 Å². The predicted molar refractivity (Wildman–Crippen MR) is 52.1 cm³/mol. The van der Waals surface area contributed by atoms with Gasteiger partial charge in [0.25, 0.3) is 5.78 Å². The van der Waals surface area contributed by atoms with E-state index in [2.05, 4.69) is 4.74 Å². The molecule has 4 heteroatoms. The second-order valence-corrected chi connectivity index (χ2v) is 3.07. The van der Waals surface area contributed by atoms with Gasteiger partial charge in [-0.2, -0.15) is 0 Å². The van der Waals surface area contributed by atoms with E-state index in [1.807, 2.05) is 0 Å². The Labute approximate surface area is 86.6 Å². The number of carbonyl (C=O) groups excluding carboxylic acids is 2. The molecule has 1 atom stereocenters. The summed E-state index contributed by atoms with van der Waals surface area (Å²) < 4.78 is 4.28. The summed E-state index contributed by atoms with van der Waals surface area (Å²) in [6.07, 6.45) is 0. The molecule has 0 heterocycles. The second kappa shape index (κ2) is 4.77. The van der Waals surface area contributed by atoms with E-state index in [4.69, 9.17) is 11.6 Å². The predicted octanol–water partition coefficient (Wildman–Crippen LogP) is 1.71. The molecule has 0 unspecified atom stereocenters. The number of ether oxygens (including phenoxy) is 1. The van der Waals surface area contributed by atoms with Crippen LogP contribution in [-0.4, -0.2) is 18.9 Å². The molecule has 0 radical (unpaired) electrons. The lowest BCUT2D eigenvalue weighted by molar-refractivity contribution is -0.151. The van der Waals surface area contributed by atoms with Gasteiger partial charge in [-0.1, -0.05) is 30.3 Å². The Morgan fingerprint density at radius 1 is 1.29 bits per heavy atom. The lowest BCUT2D eigenvalue weighted by Crippen LogP contribution is -2.20. The lowest BCUT2D eigenvalue weighted by atomic mass is 10.1. The monoisotopic (exact) mass is 212 g/mol. The molecule has 0 N–H and O–H groups in total. The van der Waals surface area contributed by atoms with Crippen LogP contribution in [0.1, 0.15) is 10.9 Å². The van der Waals surface area contributed by atoms with Gasteiger partial charge < -0.3 is 4.74 Å². The van der Waals surface area contributed by atoms with Crippen LogP contribution in [0.4, 0.5) is 0 Å². The summed E-state index contributed by atoms with van der Waals surface area (Å²) in [4.78, 5) is 22.1. The maximum Gasteiger partial charge on any atom is 0.376 e. The molecule has 0 aliphatic heterocycles. The number of benzene rings is 1. The highest BCUT2D eigenvalue weighted by molar-refractivity contribution is 6.47. The number of hydrogen-bond donors (Lipinski definition) is 0. The molecule has 0 saturated carbocycles. The molecule has 14 heavy (non-hydrogen) atoms. The van der Waals surface area contributed by atoms with Gasteiger partial charge in [0.1, 0.15) is 5.38 Å². The average molecular weight is 213 g/mol. The second-order valence-electron chi connectivity index (χ2n) is 2.63. The Morgan fingerprint density at radius 3 is 2.36 bits per heavy atom. The van der Waals surface area contributed by atoms with Crippen molar-refractivity contribution in [2.75, 3.05) is 7.11 Å². The minimum absolute atomic E-state index is 0.588. The highest BCUT2D eigenvalue weighted by Gasteiger charge is 2.25. The van der Waals surface area contributed by atoms with Crippen LogP contribution in [0.25, 0.3) is 0 Å². The number of alkyl halides is 1. The van der Waals surface area contributed by atoms with Crippen molar-refractivity contribution in [3.8, 4) is 0 Å². The summed E-state index contributed by atoms with van der Waals surface area (Å²) in [6, 6.07) is 8.65. The van der Waals surface area contributed by atoms with Crippen molar-refractivity contribution in [1.29, 1.82) is 0 Å². The zero-order valence-corrected chi connectivity index (χ0v) is 8.32. The molecule has 0 fully saturated rings. The first-order chi connectivity index (χ1) is 6.66. The number of carbonyl (C=O) groups is 2. The average Bonchev–Trinajstić information content (AvgIpc) is 2.27. The molecule has 0 aliphatic rings. The van der Waals surface area contributed by atoms with E-state index >= 15 is 0 Å². The first-order valence-electron chi connectivity index (χ1n) is 3.98. The van der Waals surface area contributed by atoms with E-state index in [1.165, 1.54) is 0 Å². The van der Waals surface area contributed by atoms with E-state index in [0.717, 1.165) is 7.11 Å². The third-order valence-electron chi connectivity index (χ3n) is 1.71. The van der Waals surface area contributed by atoms with Crippen LogP contribution >= 0.6 is 11.6 Å². The quantitative estimate of drug-likeness (QED) is 0.435. The number of rotatable bonds is 3. The Kier molecular flexibility index (Phi) is 3.65. The SMILES string of the molecule is COC(=O)C(=O)[C@@H](Cl)c1ccccc1. The van der Waals surface area contributed by atoms with Gasteiger partial charge in [0.2, 0.25) is 0 Å². The largest absolute Gasteiger partial charge is 0.463 e. The molecule has 1 rings (SSSR count). The summed E-state index contributed by atoms with van der Waals surface area (Å²) >= 11 is 5.78. The normalized spacial score (nSPS) is 11.9. The minimum atomic E-state index is -0.969. The Bertz CT molecular complexity index is 334. The number of Topliss-reactive ketones (excluding diaryl/α,β-unsaturated/α-hetero) is 1. The smallest absolute Gasteiger partial charge is 0.376 e. The molecule has 0 spiro atoms. The van der Waals surface area contributed by atoms with Crippen molar-refractivity contribution in [3.63, 3.8) is 0 Å².